The average Bonchev–Trinajstić information content (AvgIpc) is 3.46. The van der Waals surface area contributed by atoms with E-state index in [-0.39, 0.29) is 18.7 Å². The van der Waals surface area contributed by atoms with E-state index in [0.29, 0.717) is 54.1 Å². The van der Waals surface area contributed by atoms with Crippen LogP contribution in [-0.2, 0) is 21.9 Å². The van der Waals surface area contributed by atoms with Crippen molar-refractivity contribution in [2.45, 2.75) is 68.7 Å². The second-order valence-electron chi connectivity index (χ2n) is 11.2. The molecule has 8 nitrogen and oxygen atoms in total. The normalized spacial score (nSPS) is 16.5. The summed E-state index contributed by atoms with van der Waals surface area (Å²) in [7, 11) is 1.58. The molecule has 4 aromatic rings. The van der Waals surface area contributed by atoms with Crippen molar-refractivity contribution in [3.8, 4) is 11.5 Å². The fourth-order valence-electron chi connectivity index (χ4n) is 5.72. The zero-order chi connectivity index (χ0) is 32.2. The van der Waals surface area contributed by atoms with Crippen LogP contribution in [0.4, 0.5) is 5.95 Å². The molecule has 6 rings (SSSR count). The highest BCUT2D eigenvalue weighted by atomic mass is 79.9. The number of hydrogen-bond donors (Lipinski definition) is 1. The van der Waals surface area contributed by atoms with E-state index >= 15 is 0 Å². The minimum Gasteiger partial charge on any atom is -0.493 e. The minimum absolute atomic E-state index is 0.108. The van der Waals surface area contributed by atoms with Crippen LogP contribution in [0.1, 0.15) is 61.8 Å². The predicted octanol–water partition coefficient (Wildman–Crippen LogP) is 9.39. The van der Waals surface area contributed by atoms with E-state index in [1.165, 1.54) is 11.8 Å². The molecule has 1 saturated carbocycles. The summed E-state index contributed by atoms with van der Waals surface area (Å²) in [4.78, 5) is 18.7. The van der Waals surface area contributed by atoms with Crippen LogP contribution in [0.3, 0.4) is 0 Å². The van der Waals surface area contributed by atoms with Crippen molar-refractivity contribution in [1.29, 1.82) is 0 Å². The molecule has 2 heterocycles. The number of aromatic nitrogens is 3. The molecule has 0 saturated heterocycles. The number of fused-ring (bicyclic) bond motifs is 1. The number of esters is 1. The van der Waals surface area contributed by atoms with Crippen LogP contribution in [0.5, 0.6) is 11.5 Å². The second-order valence-corrected chi connectivity index (χ2v) is 13.8. The van der Waals surface area contributed by atoms with Gasteiger partial charge in [0.15, 0.2) is 11.5 Å². The number of allylic oxidation sites excluding steroid dienone is 1. The van der Waals surface area contributed by atoms with Crippen LogP contribution < -0.4 is 14.8 Å². The van der Waals surface area contributed by atoms with Gasteiger partial charge < -0.3 is 19.5 Å². The SMILES string of the molecule is COc1cc(C2C(C(=O)OC3CCCCC3)=C(C)Nc3nc(SCc4ccccc4Cl)nn32)cc(Br)c1OCc1ccccc1Cl. The van der Waals surface area contributed by atoms with Gasteiger partial charge in [-0.05, 0) is 83.9 Å². The summed E-state index contributed by atoms with van der Waals surface area (Å²) in [6, 6.07) is 18.4. The quantitative estimate of drug-likeness (QED) is 0.127. The standard InChI is InChI=1S/C34H33BrCl2N4O4S/c1-20-29(32(42)45-24-12-4-3-5-13-24)30(41-33(38-20)39-34(40-41)46-19-22-11-7-9-15-27(22)37)23-16-25(35)31(28(17-23)43-2)44-18-21-10-6-8-14-26(21)36/h6-11,14-17,24,30H,3-5,12-13,18-19H2,1-2H3,(H,38,39,40). The molecule has 46 heavy (non-hydrogen) atoms. The molecule has 1 aliphatic carbocycles. The van der Waals surface area contributed by atoms with Crippen molar-refractivity contribution in [2.75, 3.05) is 12.4 Å². The summed E-state index contributed by atoms with van der Waals surface area (Å²) in [5.41, 5.74) is 3.70. The molecule has 1 aromatic heterocycles. The Labute approximate surface area is 290 Å². The van der Waals surface area contributed by atoms with Crippen molar-refractivity contribution in [2.24, 2.45) is 0 Å². The summed E-state index contributed by atoms with van der Waals surface area (Å²) in [5.74, 6) is 1.74. The Hall–Kier alpha value is -3.18. The van der Waals surface area contributed by atoms with Gasteiger partial charge in [-0.1, -0.05) is 77.8 Å². The Balaban J connectivity index is 1.35. The van der Waals surface area contributed by atoms with E-state index < -0.39 is 6.04 Å². The Morgan fingerprint density at radius 1 is 1.04 bits per heavy atom. The fourth-order valence-corrected chi connectivity index (χ4v) is 7.60. The zero-order valence-corrected chi connectivity index (χ0v) is 29.3. The predicted molar refractivity (Wildman–Crippen MR) is 185 cm³/mol. The van der Waals surface area contributed by atoms with Crippen molar-refractivity contribution >= 4 is 62.8 Å². The summed E-state index contributed by atoms with van der Waals surface area (Å²) in [6.07, 6.45) is 4.89. The summed E-state index contributed by atoms with van der Waals surface area (Å²) in [6.45, 7) is 2.12. The van der Waals surface area contributed by atoms with Gasteiger partial charge in [-0.25, -0.2) is 9.48 Å². The smallest absolute Gasteiger partial charge is 0.338 e. The fraction of sp³-hybridized carbons (Fsp3) is 0.324. The molecular weight excluding hydrogens is 711 g/mol. The van der Waals surface area contributed by atoms with Gasteiger partial charge in [0.25, 0.3) is 0 Å². The number of carbonyl (C=O) groups is 1. The summed E-state index contributed by atoms with van der Waals surface area (Å²) in [5, 5.41) is 10.0. The number of anilines is 1. The second kappa shape index (κ2) is 14.7. The molecule has 240 valence electrons. The van der Waals surface area contributed by atoms with Crippen LogP contribution in [0, 0.1) is 0 Å². The van der Waals surface area contributed by atoms with Gasteiger partial charge in [0.05, 0.1) is 17.2 Å². The number of methoxy groups -OCH3 is 1. The summed E-state index contributed by atoms with van der Waals surface area (Å²) >= 11 is 18.0. The molecule has 1 N–H and O–H groups in total. The average molecular weight is 745 g/mol. The number of thioether (sulfide) groups is 1. The lowest BCUT2D eigenvalue weighted by Crippen LogP contribution is -2.32. The monoisotopic (exact) mass is 742 g/mol. The molecule has 3 aromatic carbocycles. The van der Waals surface area contributed by atoms with Gasteiger partial charge in [-0.2, -0.15) is 4.98 Å². The topological polar surface area (TPSA) is 87.5 Å². The molecule has 0 bridgehead atoms. The van der Waals surface area contributed by atoms with Gasteiger partial charge in [0, 0.05) is 27.1 Å². The lowest BCUT2D eigenvalue weighted by molar-refractivity contribution is -0.146. The highest BCUT2D eigenvalue weighted by Crippen LogP contribution is 2.44. The highest BCUT2D eigenvalue weighted by Gasteiger charge is 2.37. The van der Waals surface area contributed by atoms with Gasteiger partial charge in [0.2, 0.25) is 11.1 Å². The van der Waals surface area contributed by atoms with Crippen LogP contribution in [0.25, 0.3) is 0 Å². The molecule has 0 radical (unpaired) electrons. The van der Waals surface area contributed by atoms with E-state index in [2.05, 4.69) is 21.2 Å². The van der Waals surface area contributed by atoms with Gasteiger partial charge in [0.1, 0.15) is 18.8 Å². The molecule has 12 heteroatoms. The largest absolute Gasteiger partial charge is 0.493 e. The van der Waals surface area contributed by atoms with Crippen molar-refractivity contribution in [3.63, 3.8) is 0 Å². The molecule has 2 aliphatic rings. The van der Waals surface area contributed by atoms with Crippen LogP contribution in [0.15, 0.2) is 81.6 Å². The number of hydrogen-bond acceptors (Lipinski definition) is 8. The third-order valence-electron chi connectivity index (χ3n) is 8.09. The third-order valence-corrected chi connectivity index (χ3v) is 10.3. The number of nitrogens with zero attached hydrogens (tertiary/aromatic N) is 3. The number of ether oxygens (including phenoxy) is 3. The molecule has 0 amide bonds. The van der Waals surface area contributed by atoms with Gasteiger partial charge >= 0.3 is 5.97 Å². The maximum Gasteiger partial charge on any atom is 0.338 e. The van der Waals surface area contributed by atoms with Crippen LogP contribution in [0.2, 0.25) is 10.0 Å². The first kappa shape index (κ1) is 32.7. The summed E-state index contributed by atoms with van der Waals surface area (Å²) < 4.78 is 20.5. The minimum atomic E-state index is -0.641. The lowest BCUT2D eigenvalue weighted by Gasteiger charge is -2.30. The van der Waals surface area contributed by atoms with Crippen molar-refractivity contribution in [3.05, 3.63) is 103 Å². The first-order valence-electron chi connectivity index (χ1n) is 15.1. The van der Waals surface area contributed by atoms with Gasteiger partial charge in [-0.3, -0.25) is 0 Å². The molecule has 1 unspecified atom stereocenters. The number of carbonyl (C=O) groups excluding carboxylic acids is 1. The lowest BCUT2D eigenvalue weighted by atomic mass is 9.94. The Bertz CT molecular complexity index is 1780. The van der Waals surface area contributed by atoms with Crippen molar-refractivity contribution in [1.82, 2.24) is 14.8 Å². The van der Waals surface area contributed by atoms with Crippen molar-refractivity contribution < 1.29 is 19.0 Å². The van der Waals surface area contributed by atoms with Crippen LogP contribution >= 0.6 is 50.9 Å². The Morgan fingerprint density at radius 2 is 1.74 bits per heavy atom. The number of benzene rings is 3. The first-order valence-corrected chi connectivity index (χ1v) is 17.6. The molecular formula is C34H33BrCl2N4O4S. The Kier molecular flexibility index (Phi) is 10.5. The zero-order valence-electron chi connectivity index (χ0n) is 25.4. The first-order chi connectivity index (χ1) is 22.3. The maximum absolute atomic E-state index is 13.9. The molecule has 1 aliphatic heterocycles. The number of halogens is 3. The number of rotatable bonds is 10. The van der Waals surface area contributed by atoms with Crippen LogP contribution in [-0.4, -0.2) is 33.9 Å². The molecule has 0 spiro atoms. The van der Waals surface area contributed by atoms with E-state index in [0.717, 1.165) is 48.8 Å². The van der Waals surface area contributed by atoms with E-state index in [1.54, 1.807) is 11.8 Å². The Morgan fingerprint density at radius 3 is 2.43 bits per heavy atom. The van der Waals surface area contributed by atoms with Gasteiger partial charge in [-0.15, -0.1) is 5.10 Å². The maximum atomic E-state index is 13.9. The molecule has 1 fully saturated rings. The third kappa shape index (κ3) is 7.20. The van der Waals surface area contributed by atoms with E-state index in [1.807, 2.05) is 67.6 Å². The number of nitrogens with one attached hydrogen (secondary N) is 1. The van der Waals surface area contributed by atoms with E-state index in [9.17, 15) is 4.79 Å². The highest BCUT2D eigenvalue weighted by molar-refractivity contribution is 9.10. The molecule has 1 atom stereocenters. The van der Waals surface area contributed by atoms with E-state index in [4.69, 9.17) is 47.5 Å².